The smallest absolute Gasteiger partial charge is 0.414 e. The van der Waals surface area contributed by atoms with Crippen molar-refractivity contribution >= 4 is 41.8 Å². The van der Waals surface area contributed by atoms with Gasteiger partial charge in [-0.2, -0.15) is 0 Å². The lowest BCUT2D eigenvalue weighted by atomic mass is 10.0. The number of ether oxygens (including phenoxy) is 4. The minimum absolute atomic E-state index is 0.0725. The first-order valence-corrected chi connectivity index (χ1v) is 18.6. The summed E-state index contributed by atoms with van der Waals surface area (Å²) in [5, 5.41) is 13.0. The number of carbonyl (C=O) groups excluding carboxylic acids is 6. The minimum atomic E-state index is -1.16. The van der Waals surface area contributed by atoms with Gasteiger partial charge in [0.15, 0.2) is 0 Å². The molecule has 0 spiro atoms. The van der Waals surface area contributed by atoms with Crippen molar-refractivity contribution in [2.45, 2.75) is 110 Å². The molecule has 0 fully saturated rings. The number of carbonyl (C=O) groups is 6. The van der Waals surface area contributed by atoms with E-state index in [0.29, 0.717) is 25.2 Å². The summed E-state index contributed by atoms with van der Waals surface area (Å²) in [5.41, 5.74) is -0.148. The minimum Gasteiger partial charge on any atom is -0.490 e. The van der Waals surface area contributed by atoms with E-state index in [9.17, 15) is 28.8 Å². The van der Waals surface area contributed by atoms with Crippen molar-refractivity contribution in [3.8, 4) is 5.75 Å². The van der Waals surface area contributed by atoms with Gasteiger partial charge in [-0.1, -0.05) is 55.1 Å². The topological polar surface area (TPSA) is 212 Å². The molecule has 0 bridgehead atoms. The lowest BCUT2D eigenvalue weighted by Gasteiger charge is -2.25. The number of hydrogen-bond acceptors (Lipinski definition) is 11. The molecular formula is C41H58N6O10. The quantitative estimate of drug-likeness (QED) is 0.0361. The first-order valence-electron chi connectivity index (χ1n) is 18.6. The van der Waals surface area contributed by atoms with Crippen LogP contribution in [0.2, 0.25) is 0 Å². The molecule has 5 N–H and O–H groups in total. The van der Waals surface area contributed by atoms with E-state index in [0.717, 1.165) is 11.1 Å². The molecule has 0 aliphatic carbocycles. The number of nitrogens with zero attached hydrogens (tertiary/aromatic N) is 1. The molecule has 2 rings (SSSR count). The van der Waals surface area contributed by atoms with Crippen molar-refractivity contribution in [3.63, 3.8) is 0 Å². The number of amides is 5. The molecule has 5 amide bonds. The monoisotopic (exact) mass is 794 g/mol. The molecule has 3 atom stereocenters. The number of guanidine groups is 1. The molecule has 0 heterocycles. The van der Waals surface area contributed by atoms with Gasteiger partial charge in [-0.05, 0) is 84.1 Å². The van der Waals surface area contributed by atoms with Crippen LogP contribution in [0.5, 0.6) is 5.75 Å². The largest absolute Gasteiger partial charge is 0.490 e. The van der Waals surface area contributed by atoms with Crippen LogP contribution in [0.1, 0.15) is 78.9 Å². The molecule has 0 radical (unpaired) electrons. The van der Waals surface area contributed by atoms with E-state index in [1.54, 1.807) is 84.0 Å². The van der Waals surface area contributed by atoms with Crippen molar-refractivity contribution in [2.24, 2.45) is 4.99 Å². The fraction of sp³-hybridized carbons (Fsp3) is 0.488. The summed E-state index contributed by atoms with van der Waals surface area (Å²) >= 11 is 0. The Hall–Kier alpha value is -5.93. The average Bonchev–Trinajstić information content (AvgIpc) is 3.11. The Morgan fingerprint density at radius 3 is 1.77 bits per heavy atom. The Balaban J connectivity index is 2.31. The van der Waals surface area contributed by atoms with E-state index in [-0.39, 0.29) is 31.8 Å². The van der Waals surface area contributed by atoms with E-state index in [1.807, 2.05) is 18.2 Å². The summed E-state index contributed by atoms with van der Waals surface area (Å²) in [7, 11) is 1.21. The molecular weight excluding hydrogens is 736 g/mol. The number of benzene rings is 2. The van der Waals surface area contributed by atoms with Crippen LogP contribution >= 0.6 is 0 Å². The number of rotatable bonds is 18. The van der Waals surface area contributed by atoms with Crippen LogP contribution in [-0.2, 0) is 46.2 Å². The highest BCUT2D eigenvalue weighted by molar-refractivity contribution is 6.01. The summed E-state index contributed by atoms with van der Waals surface area (Å²) in [4.78, 5) is 82.0. The van der Waals surface area contributed by atoms with Gasteiger partial charge in [0.05, 0.1) is 7.11 Å². The predicted molar refractivity (Wildman–Crippen MR) is 214 cm³/mol. The van der Waals surface area contributed by atoms with Crippen LogP contribution < -0.4 is 31.3 Å². The number of aliphatic imine (C=N–C) groups is 1. The Morgan fingerprint density at radius 2 is 1.25 bits per heavy atom. The molecule has 57 heavy (non-hydrogen) atoms. The highest BCUT2D eigenvalue weighted by Gasteiger charge is 2.30. The van der Waals surface area contributed by atoms with Crippen molar-refractivity contribution < 1.29 is 47.7 Å². The zero-order valence-corrected chi connectivity index (χ0v) is 34.2. The summed E-state index contributed by atoms with van der Waals surface area (Å²) in [6, 6.07) is 12.8. The molecule has 0 aliphatic heterocycles. The van der Waals surface area contributed by atoms with Crippen molar-refractivity contribution in [2.75, 3.05) is 20.3 Å². The van der Waals surface area contributed by atoms with Crippen LogP contribution in [0, 0.1) is 0 Å². The van der Waals surface area contributed by atoms with Crippen LogP contribution in [0.4, 0.5) is 9.59 Å². The molecule has 0 saturated heterocycles. The van der Waals surface area contributed by atoms with Gasteiger partial charge < -0.3 is 34.9 Å². The van der Waals surface area contributed by atoms with Crippen LogP contribution in [0.3, 0.4) is 0 Å². The van der Waals surface area contributed by atoms with E-state index < -0.39 is 65.2 Å². The number of methoxy groups -OCH3 is 1. The van der Waals surface area contributed by atoms with Gasteiger partial charge in [0.2, 0.25) is 23.7 Å². The molecule has 16 heteroatoms. The summed E-state index contributed by atoms with van der Waals surface area (Å²) in [5.74, 6) is -2.01. The van der Waals surface area contributed by atoms with E-state index in [4.69, 9.17) is 18.9 Å². The van der Waals surface area contributed by atoms with Crippen molar-refractivity contribution in [3.05, 3.63) is 78.4 Å². The second kappa shape index (κ2) is 23.2. The maximum atomic E-state index is 13.9. The second-order valence-corrected chi connectivity index (χ2v) is 15.0. The third kappa shape index (κ3) is 20.0. The summed E-state index contributed by atoms with van der Waals surface area (Å²) in [6.07, 6.45) is 0.882. The Bertz CT molecular complexity index is 1650. The van der Waals surface area contributed by atoms with Gasteiger partial charge >= 0.3 is 18.2 Å². The zero-order valence-electron chi connectivity index (χ0n) is 34.2. The van der Waals surface area contributed by atoms with Crippen LogP contribution in [-0.4, -0.2) is 91.4 Å². The lowest BCUT2D eigenvalue weighted by Crippen LogP contribution is -2.56. The van der Waals surface area contributed by atoms with Gasteiger partial charge in [-0.15, -0.1) is 0 Å². The molecule has 16 nitrogen and oxygen atoms in total. The number of esters is 1. The van der Waals surface area contributed by atoms with E-state index in [1.165, 1.54) is 14.0 Å². The number of alkyl carbamates (subject to hydrolysis) is 2. The van der Waals surface area contributed by atoms with Crippen LogP contribution in [0.25, 0.3) is 0 Å². The number of nitrogens with one attached hydrogen (secondary N) is 5. The van der Waals surface area contributed by atoms with Gasteiger partial charge in [-0.25, -0.2) is 14.4 Å². The Morgan fingerprint density at radius 1 is 0.719 bits per heavy atom. The van der Waals surface area contributed by atoms with Gasteiger partial charge in [0, 0.05) is 26.3 Å². The third-order valence-electron chi connectivity index (χ3n) is 7.55. The van der Waals surface area contributed by atoms with E-state index in [2.05, 4.69) is 38.2 Å². The van der Waals surface area contributed by atoms with E-state index >= 15 is 0 Å². The summed E-state index contributed by atoms with van der Waals surface area (Å²) < 4.78 is 21.1. The van der Waals surface area contributed by atoms with Gasteiger partial charge in [0.25, 0.3) is 0 Å². The predicted octanol–water partition coefficient (Wildman–Crippen LogP) is 4.26. The maximum Gasteiger partial charge on any atom is 0.414 e. The number of hydrogen-bond donors (Lipinski definition) is 5. The zero-order chi connectivity index (χ0) is 42.6. The fourth-order valence-electron chi connectivity index (χ4n) is 5.13. The molecule has 2 aromatic rings. The maximum absolute atomic E-state index is 13.9. The first-order chi connectivity index (χ1) is 26.8. The molecule has 312 valence electrons. The average molecular weight is 795 g/mol. The highest BCUT2D eigenvalue weighted by Crippen LogP contribution is 2.15. The SMILES string of the molecule is C=CCOc1ccc(C[C@H](NC(C)=O)C(=O)N[C@@H](CCCCN=C(NC(=O)OC(C)(C)C)NC(=O)OC(C)(C)C)C(=O)N[C@@H](Cc2ccccc2)C(=O)OC)cc1. The molecule has 0 aliphatic rings. The molecule has 2 aromatic carbocycles. The highest BCUT2D eigenvalue weighted by atomic mass is 16.6. The van der Waals surface area contributed by atoms with Crippen LogP contribution in [0.15, 0.2) is 72.2 Å². The normalized spacial score (nSPS) is 12.6. The number of unbranched alkanes of at least 4 members (excludes halogenated alkanes) is 1. The van der Waals surface area contributed by atoms with Gasteiger partial charge in [0.1, 0.15) is 41.7 Å². The molecule has 0 unspecified atom stereocenters. The fourth-order valence-corrected chi connectivity index (χ4v) is 5.13. The standard InChI is InChI=1S/C41H58N6O10/c1-10-24-55-30-21-19-29(20-22-30)25-32(43-27(2)48)35(50)44-31(34(49)45-33(36(51)54-9)26-28-16-12-11-13-17-28)18-14-15-23-42-37(46-38(52)56-40(3,4)5)47-39(53)57-41(6,7)8/h10-13,16-17,19-22,31-33H,1,14-15,18,23-26H2,2-9H3,(H,43,48)(H,44,50)(H,45,49)(H2,42,46,47,52,53)/t31-,32-,33-/m0/s1. The Kier molecular flexibility index (Phi) is 19.2. The van der Waals surface area contributed by atoms with Crippen molar-refractivity contribution in [1.29, 1.82) is 0 Å². The second-order valence-electron chi connectivity index (χ2n) is 15.0. The van der Waals surface area contributed by atoms with Gasteiger partial charge in [-0.3, -0.25) is 30.0 Å². The third-order valence-corrected chi connectivity index (χ3v) is 7.55. The molecule has 0 aromatic heterocycles. The summed E-state index contributed by atoms with van der Waals surface area (Å²) in [6.45, 7) is 15.4. The van der Waals surface area contributed by atoms with Crippen molar-refractivity contribution in [1.82, 2.24) is 26.6 Å². The lowest BCUT2D eigenvalue weighted by molar-refractivity contribution is -0.145. The first kappa shape index (κ1) is 47.2. The Labute approximate surface area is 334 Å². The molecule has 0 saturated carbocycles.